The molecule has 3 aliphatic rings. The average molecular weight is 448 g/mol. The Kier molecular flexibility index (Phi) is 8.10. The Bertz CT molecular complexity index is 766. The number of rotatable bonds is 9. The number of benzene rings is 1. The fourth-order valence-electron chi connectivity index (χ4n) is 4.73. The van der Waals surface area contributed by atoms with E-state index in [2.05, 4.69) is 29.3 Å². The first-order valence-electron chi connectivity index (χ1n) is 11.8. The molecule has 1 unspecified atom stereocenters. The van der Waals surface area contributed by atoms with Crippen molar-refractivity contribution in [2.45, 2.75) is 31.6 Å². The monoisotopic (exact) mass is 447 g/mol. The highest BCUT2D eigenvalue weighted by Gasteiger charge is 2.36. The summed E-state index contributed by atoms with van der Waals surface area (Å²) in [5.41, 5.74) is 1.21. The number of nitrogens with zero attached hydrogens (tertiary/aromatic N) is 2. The van der Waals surface area contributed by atoms with Gasteiger partial charge in [-0.2, -0.15) is 0 Å². The van der Waals surface area contributed by atoms with E-state index in [1.54, 1.807) is 7.11 Å². The molecule has 1 N–H and O–H groups in total. The molecule has 3 heterocycles. The number of nitrogens with one attached hydrogen (secondary N) is 1. The number of hydrogen-bond acceptors (Lipinski definition) is 6. The van der Waals surface area contributed by atoms with Crippen LogP contribution < -0.4 is 14.8 Å². The molecule has 1 aromatic rings. The molecule has 0 aromatic heterocycles. The van der Waals surface area contributed by atoms with Gasteiger partial charge in [0.2, 0.25) is 6.79 Å². The Labute approximate surface area is 191 Å². The van der Waals surface area contributed by atoms with Crippen LogP contribution in [-0.2, 0) is 19.6 Å². The van der Waals surface area contributed by atoms with E-state index in [1.807, 2.05) is 6.07 Å². The molecule has 8 nitrogen and oxygen atoms in total. The largest absolute Gasteiger partial charge is 0.454 e. The van der Waals surface area contributed by atoms with E-state index < -0.39 is 0 Å². The lowest BCUT2D eigenvalue weighted by Crippen LogP contribution is -2.43. The van der Waals surface area contributed by atoms with Crippen molar-refractivity contribution in [3.05, 3.63) is 23.8 Å². The summed E-state index contributed by atoms with van der Waals surface area (Å²) in [5, 5.41) is 3.51. The number of fused-ring (bicyclic) bond motifs is 1. The molecular weight excluding hydrogens is 410 g/mol. The molecule has 3 aliphatic heterocycles. The molecule has 1 aromatic carbocycles. The zero-order valence-electron chi connectivity index (χ0n) is 19.4. The first-order valence-corrected chi connectivity index (χ1v) is 11.8. The fraction of sp³-hybridized carbons (Fsp3) is 0.708. The summed E-state index contributed by atoms with van der Waals surface area (Å²) < 4.78 is 27.7. The average Bonchev–Trinajstić information content (AvgIpc) is 3.49. The number of likely N-dealkylation sites (tertiary alicyclic amines) is 1. The number of hydrogen-bond donors (Lipinski definition) is 1. The molecule has 4 rings (SSSR count). The van der Waals surface area contributed by atoms with Gasteiger partial charge in [-0.25, -0.2) is 0 Å². The second-order valence-corrected chi connectivity index (χ2v) is 8.80. The SMILES string of the molecule is CCNC(=NCC1(c2ccc3c(c2)OCO3)CCOCC1)N1CCC(COCCOC)C1. The zero-order valence-corrected chi connectivity index (χ0v) is 19.4. The summed E-state index contributed by atoms with van der Waals surface area (Å²) in [7, 11) is 1.70. The summed E-state index contributed by atoms with van der Waals surface area (Å²) in [6, 6.07) is 6.34. The topological polar surface area (TPSA) is 73.8 Å². The Morgan fingerprint density at radius 2 is 2.06 bits per heavy atom. The predicted molar refractivity (Wildman–Crippen MR) is 123 cm³/mol. The van der Waals surface area contributed by atoms with Crippen LogP contribution in [0.3, 0.4) is 0 Å². The van der Waals surface area contributed by atoms with Crippen molar-refractivity contribution in [1.29, 1.82) is 0 Å². The molecule has 0 aliphatic carbocycles. The van der Waals surface area contributed by atoms with Crippen LogP contribution in [0.1, 0.15) is 31.7 Å². The first-order chi connectivity index (χ1) is 15.7. The van der Waals surface area contributed by atoms with Gasteiger partial charge in [-0.3, -0.25) is 4.99 Å². The summed E-state index contributed by atoms with van der Waals surface area (Å²) in [4.78, 5) is 7.52. The third-order valence-corrected chi connectivity index (χ3v) is 6.67. The normalized spacial score (nSPS) is 22.4. The molecule has 0 amide bonds. The molecule has 32 heavy (non-hydrogen) atoms. The predicted octanol–water partition coefficient (Wildman–Crippen LogP) is 2.41. The summed E-state index contributed by atoms with van der Waals surface area (Å²) in [6.45, 7) is 9.56. The van der Waals surface area contributed by atoms with Gasteiger partial charge in [-0.05, 0) is 43.9 Å². The van der Waals surface area contributed by atoms with Gasteiger partial charge in [-0.1, -0.05) is 6.07 Å². The summed E-state index contributed by atoms with van der Waals surface area (Å²) >= 11 is 0. The van der Waals surface area contributed by atoms with Crippen LogP contribution in [0.5, 0.6) is 11.5 Å². The molecule has 0 radical (unpaired) electrons. The quantitative estimate of drug-likeness (QED) is 0.354. The minimum Gasteiger partial charge on any atom is -0.454 e. The van der Waals surface area contributed by atoms with Crippen molar-refractivity contribution in [3.8, 4) is 11.5 Å². The van der Waals surface area contributed by atoms with E-state index in [0.29, 0.717) is 25.9 Å². The van der Waals surface area contributed by atoms with Crippen molar-refractivity contribution in [2.75, 3.05) is 73.1 Å². The van der Waals surface area contributed by atoms with Crippen molar-refractivity contribution in [1.82, 2.24) is 10.2 Å². The smallest absolute Gasteiger partial charge is 0.231 e. The molecule has 178 valence electrons. The molecule has 2 saturated heterocycles. The van der Waals surface area contributed by atoms with Crippen LogP contribution in [-0.4, -0.2) is 84.0 Å². The van der Waals surface area contributed by atoms with E-state index >= 15 is 0 Å². The highest BCUT2D eigenvalue weighted by Crippen LogP contribution is 2.41. The second kappa shape index (κ2) is 11.2. The Balaban J connectivity index is 1.45. The van der Waals surface area contributed by atoms with Gasteiger partial charge in [-0.15, -0.1) is 0 Å². The lowest BCUT2D eigenvalue weighted by atomic mass is 9.74. The molecular formula is C24H37N3O5. The lowest BCUT2D eigenvalue weighted by molar-refractivity contribution is 0.0526. The van der Waals surface area contributed by atoms with Gasteiger partial charge in [0.05, 0.1) is 26.4 Å². The van der Waals surface area contributed by atoms with Crippen LogP contribution in [0.15, 0.2) is 23.2 Å². The summed E-state index contributed by atoms with van der Waals surface area (Å²) in [5.74, 6) is 3.18. The van der Waals surface area contributed by atoms with Crippen LogP contribution in [0.4, 0.5) is 0 Å². The summed E-state index contributed by atoms with van der Waals surface area (Å²) in [6.07, 6.45) is 3.02. The Hall–Kier alpha value is -2.03. The maximum absolute atomic E-state index is 5.76. The van der Waals surface area contributed by atoms with Gasteiger partial charge >= 0.3 is 0 Å². The second-order valence-electron chi connectivity index (χ2n) is 8.80. The Morgan fingerprint density at radius 3 is 2.88 bits per heavy atom. The fourth-order valence-corrected chi connectivity index (χ4v) is 4.73. The van der Waals surface area contributed by atoms with Crippen molar-refractivity contribution in [3.63, 3.8) is 0 Å². The minimum absolute atomic E-state index is 0.0533. The van der Waals surface area contributed by atoms with E-state index in [9.17, 15) is 0 Å². The molecule has 0 saturated carbocycles. The molecule has 1 atom stereocenters. The first kappa shape index (κ1) is 23.1. The van der Waals surface area contributed by atoms with Gasteiger partial charge in [0.1, 0.15) is 0 Å². The third-order valence-electron chi connectivity index (χ3n) is 6.67. The number of aliphatic imine (C=N–C) groups is 1. The zero-order chi connectivity index (χ0) is 22.2. The lowest BCUT2D eigenvalue weighted by Gasteiger charge is -2.37. The van der Waals surface area contributed by atoms with Crippen molar-refractivity contribution < 1.29 is 23.7 Å². The van der Waals surface area contributed by atoms with Gasteiger partial charge < -0.3 is 33.9 Å². The highest BCUT2D eigenvalue weighted by atomic mass is 16.7. The third kappa shape index (κ3) is 5.47. The molecule has 8 heteroatoms. The van der Waals surface area contributed by atoms with Crippen molar-refractivity contribution in [2.24, 2.45) is 10.9 Å². The van der Waals surface area contributed by atoms with Crippen LogP contribution in [0, 0.1) is 5.92 Å². The molecule has 0 spiro atoms. The van der Waals surface area contributed by atoms with E-state index in [4.69, 9.17) is 28.7 Å². The van der Waals surface area contributed by atoms with Crippen molar-refractivity contribution >= 4 is 5.96 Å². The number of ether oxygens (including phenoxy) is 5. The maximum atomic E-state index is 5.76. The van der Waals surface area contributed by atoms with Gasteiger partial charge in [0.15, 0.2) is 17.5 Å². The minimum atomic E-state index is -0.0533. The Morgan fingerprint density at radius 1 is 1.22 bits per heavy atom. The van der Waals surface area contributed by atoms with E-state index in [0.717, 1.165) is 82.7 Å². The van der Waals surface area contributed by atoms with Gasteiger partial charge in [0, 0.05) is 51.3 Å². The molecule has 0 bridgehead atoms. The van der Waals surface area contributed by atoms with Crippen LogP contribution in [0.25, 0.3) is 0 Å². The number of guanidine groups is 1. The van der Waals surface area contributed by atoms with E-state index in [1.165, 1.54) is 5.56 Å². The van der Waals surface area contributed by atoms with Crippen LogP contribution >= 0.6 is 0 Å². The van der Waals surface area contributed by atoms with Crippen LogP contribution in [0.2, 0.25) is 0 Å². The van der Waals surface area contributed by atoms with E-state index in [-0.39, 0.29) is 5.41 Å². The standard InChI is InChI=1S/C24H37N3O5/c1-3-25-23(27-9-6-19(15-27)16-30-13-12-28-2)26-17-24(7-10-29-11-8-24)20-4-5-21-22(14-20)32-18-31-21/h4-5,14,19H,3,6-13,15-18H2,1-2H3,(H,25,26). The number of methoxy groups -OCH3 is 1. The molecule has 2 fully saturated rings. The van der Waals surface area contributed by atoms with Gasteiger partial charge in [0.25, 0.3) is 0 Å². The maximum Gasteiger partial charge on any atom is 0.231 e. The highest BCUT2D eigenvalue weighted by molar-refractivity contribution is 5.80.